The van der Waals surface area contributed by atoms with Crippen molar-refractivity contribution in [2.75, 3.05) is 25.2 Å². The SMILES string of the molecule is COc1ccc(C=Cc2ccc(N(c3ccc(C)cc3)c3ccc(C=Cc4ccc(OC(=O)OCCCCCCOC(C)=O)cc4)cc3)cc2)cc1. The quantitative estimate of drug-likeness (QED) is 0.0440. The second kappa shape index (κ2) is 19.3. The maximum atomic E-state index is 12.1. The molecule has 0 unspecified atom stereocenters. The molecule has 5 rings (SSSR count). The second-order valence-corrected chi connectivity index (χ2v) is 12.3. The largest absolute Gasteiger partial charge is 0.513 e. The number of rotatable bonds is 16. The molecule has 0 bridgehead atoms. The summed E-state index contributed by atoms with van der Waals surface area (Å²) in [4.78, 5) is 25.1. The molecule has 0 spiro atoms. The Bertz CT molecular complexity index is 1910. The normalized spacial score (nSPS) is 11.1. The molecule has 7 nitrogen and oxygen atoms in total. The summed E-state index contributed by atoms with van der Waals surface area (Å²) in [6.07, 6.45) is 10.9. The number of methoxy groups -OCH3 is 1. The van der Waals surface area contributed by atoms with E-state index in [0.29, 0.717) is 12.4 Å². The first kappa shape index (κ1) is 37.2. The molecular weight excluding hydrogens is 650 g/mol. The average molecular weight is 696 g/mol. The number of unbranched alkanes of at least 4 members (excludes halogenated alkanes) is 3. The number of nitrogens with zero attached hydrogens (tertiary/aromatic N) is 1. The molecule has 0 radical (unpaired) electrons. The van der Waals surface area contributed by atoms with Gasteiger partial charge in [0.15, 0.2) is 0 Å². The van der Waals surface area contributed by atoms with Crippen LogP contribution in [0, 0.1) is 6.92 Å². The van der Waals surface area contributed by atoms with Crippen molar-refractivity contribution in [3.8, 4) is 11.5 Å². The molecule has 266 valence electrons. The lowest BCUT2D eigenvalue weighted by Gasteiger charge is -2.26. The number of hydrogen-bond acceptors (Lipinski definition) is 7. The average Bonchev–Trinajstić information content (AvgIpc) is 3.16. The molecule has 5 aromatic carbocycles. The number of anilines is 3. The minimum atomic E-state index is -0.722. The Balaban J connectivity index is 1.17. The van der Waals surface area contributed by atoms with E-state index >= 15 is 0 Å². The second-order valence-electron chi connectivity index (χ2n) is 12.3. The molecule has 0 aliphatic carbocycles. The number of ether oxygens (including phenoxy) is 4. The van der Waals surface area contributed by atoms with Crippen LogP contribution in [-0.4, -0.2) is 32.4 Å². The topological polar surface area (TPSA) is 74.3 Å². The molecule has 7 heteroatoms. The Hall–Kier alpha value is -6.08. The molecule has 0 atom stereocenters. The van der Waals surface area contributed by atoms with Gasteiger partial charge in [-0.1, -0.05) is 90.5 Å². The summed E-state index contributed by atoms with van der Waals surface area (Å²) >= 11 is 0. The third kappa shape index (κ3) is 11.8. The van der Waals surface area contributed by atoms with Crippen molar-refractivity contribution in [2.24, 2.45) is 0 Å². The summed E-state index contributed by atoms with van der Waals surface area (Å²) in [5.41, 5.74) is 8.65. The van der Waals surface area contributed by atoms with Crippen molar-refractivity contribution < 1.29 is 28.5 Å². The third-order valence-electron chi connectivity index (χ3n) is 8.29. The zero-order chi connectivity index (χ0) is 36.5. The van der Waals surface area contributed by atoms with Crippen LogP contribution in [-0.2, 0) is 14.3 Å². The van der Waals surface area contributed by atoms with Gasteiger partial charge in [0, 0.05) is 24.0 Å². The molecule has 0 N–H and O–H groups in total. The monoisotopic (exact) mass is 695 g/mol. The van der Waals surface area contributed by atoms with Crippen molar-refractivity contribution >= 4 is 53.5 Å². The van der Waals surface area contributed by atoms with Gasteiger partial charge >= 0.3 is 12.1 Å². The fraction of sp³-hybridized carbons (Fsp3) is 0.200. The first-order chi connectivity index (χ1) is 25.4. The Kier molecular flexibility index (Phi) is 13.8. The van der Waals surface area contributed by atoms with Crippen LogP contribution in [0.25, 0.3) is 24.3 Å². The van der Waals surface area contributed by atoms with Crippen molar-refractivity contribution in [3.05, 3.63) is 149 Å². The van der Waals surface area contributed by atoms with Gasteiger partial charge < -0.3 is 23.8 Å². The van der Waals surface area contributed by atoms with Gasteiger partial charge in [-0.25, -0.2) is 4.79 Å². The van der Waals surface area contributed by atoms with Gasteiger partial charge in [-0.2, -0.15) is 0 Å². The van der Waals surface area contributed by atoms with Crippen LogP contribution in [0.5, 0.6) is 11.5 Å². The van der Waals surface area contributed by atoms with Crippen molar-refractivity contribution in [1.82, 2.24) is 0 Å². The van der Waals surface area contributed by atoms with Crippen molar-refractivity contribution in [3.63, 3.8) is 0 Å². The van der Waals surface area contributed by atoms with Crippen molar-refractivity contribution in [1.29, 1.82) is 0 Å². The molecular formula is C45H45NO6. The number of carbonyl (C=O) groups excluding carboxylic acids is 2. The Morgan fingerprint density at radius 3 is 1.33 bits per heavy atom. The first-order valence-electron chi connectivity index (χ1n) is 17.5. The van der Waals surface area contributed by atoms with Gasteiger partial charge in [-0.15, -0.1) is 0 Å². The lowest BCUT2D eigenvalue weighted by Crippen LogP contribution is -2.11. The highest BCUT2D eigenvalue weighted by atomic mass is 16.7. The molecule has 0 amide bonds. The summed E-state index contributed by atoms with van der Waals surface area (Å²) in [6.45, 7) is 4.20. The van der Waals surface area contributed by atoms with E-state index in [9.17, 15) is 9.59 Å². The maximum Gasteiger partial charge on any atom is 0.513 e. The van der Waals surface area contributed by atoms with Crippen LogP contribution in [0.1, 0.15) is 60.4 Å². The Morgan fingerprint density at radius 2 is 0.904 bits per heavy atom. The highest BCUT2D eigenvalue weighted by molar-refractivity contribution is 5.79. The zero-order valence-electron chi connectivity index (χ0n) is 30.0. The Labute approximate surface area is 306 Å². The summed E-state index contributed by atoms with van der Waals surface area (Å²) < 4.78 is 20.7. The molecule has 5 aromatic rings. The molecule has 0 aromatic heterocycles. The number of esters is 1. The lowest BCUT2D eigenvalue weighted by molar-refractivity contribution is -0.141. The smallest absolute Gasteiger partial charge is 0.497 e. The van der Waals surface area contributed by atoms with Gasteiger partial charge in [-0.05, 0) is 116 Å². The predicted molar refractivity (Wildman–Crippen MR) is 210 cm³/mol. The van der Waals surface area contributed by atoms with E-state index in [4.69, 9.17) is 18.9 Å². The molecule has 0 aliphatic rings. The summed E-state index contributed by atoms with van der Waals surface area (Å²) in [6, 6.07) is 40.9. The van der Waals surface area contributed by atoms with Gasteiger partial charge in [0.05, 0.1) is 20.3 Å². The van der Waals surface area contributed by atoms with Crippen LogP contribution in [0.4, 0.5) is 21.9 Å². The number of hydrogen-bond donors (Lipinski definition) is 0. The minimum absolute atomic E-state index is 0.267. The highest BCUT2D eigenvalue weighted by Crippen LogP contribution is 2.35. The van der Waals surface area contributed by atoms with Crippen LogP contribution in [0.2, 0.25) is 0 Å². The molecule has 0 saturated carbocycles. The van der Waals surface area contributed by atoms with Crippen LogP contribution in [0.3, 0.4) is 0 Å². The lowest BCUT2D eigenvalue weighted by atomic mass is 10.1. The van der Waals surface area contributed by atoms with Gasteiger partial charge in [0.2, 0.25) is 0 Å². The third-order valence-corrected chi connectivity index (χ3v) is 8.29. The predicted octanol–water partition coefficient (Wildman–Crippen LogP) is 11.5. The van der Waals surface area contributed by atoms with Crippen molar-refractivity contribution in [2.45, 2.75) is 39.5 Å². The van der Waals surface area contributed by atoms with Gasteiger partial charge in [0.25, 0.3) is 0 Å². The molecule has 52 heavy (non-hydrogen) atoms. The van der Waals surface area contributed by atoms with E-state index in [1.807, 2.05) is 42.5 Å². The van der Waals surface area contributed by atoms with Crippen LogP contribution in [0.15, 0.2) is 121 Å². The Morgan fingerprint density at radius 1 is 0.519 bits per heavy atom. The standard InChI is InChI=1S/C45H45NO6/c1-34-8-22-40(23-9-34)46(41-24-14-36(15-25-41)10-12-38-18-28-43(49-3)29-19-38)42-26-16-37(17-27-42)11-13-39-20-30-44(31-21-39)52-45(48)51-33-7-5-4-6-32-50-35(2)47/h8-31H,4-7,32-33H2,1-3H3. The molecule has 0 aliphatic heterocycles. The molecule has 0 fully saturated rings. The fourth-order valence-electron chi connectivity index (χ4n) is 5.41. The number of carbonyl (C=O) groups is 2. The van der Waals surface area contributed by atoms with Crippen LogP contribution >= 0.6 is 0 Å². The summed E-state index contributed by atoms with van der Waals surface area (Å²) in [5, 5.41) is 0. The number of benzene rings is 5. The first-order valence-corrected chi connectivity index (χ1v) is 17.5. The van der Waals surface area contributed by atoms with E-state index in [0.717, 1.165) is 70.7 Å². The van der Waals surface area contributed by atoms with E-state index in [-0.39, 0.29) is 12.6 Å². The molecule has 0 saturated heterocycles. The summed E-state index contributed by atoms with van der Waals surface area (Å²) in [5.74, 6) is 0.997. The van der Waals surface area contributed by atoms with E-state index in [1.165, 1.54) is 12.5 Å². The fourth-order valence-corrected chi connectivity index (χ4v) is 5.41. The maximum absolute atomic E-state index is 12.1. The van der Waals surface area contributed by atoms with E-state index < -0.39 is 6.16 Å². The number of aryl methyl sites for hydroxylation is 1. The zero-order valence-corrected chi connectivity index (χ0v) is 30.0. The van der Waals surface area contributed by atoms with Crippen LogP contribution < -0.4 is 14.4 Å². The van der Waals surface area contributed by atoms with Gasteiger partial charge in [0.1, 0.15) is 11.5 Å². The van der Waals surface area contributed by atoms with E-state index in [2.05, 4.69) is 103 Å². The highest BCUT2D eigenvalue weighted by Gasteiger charge is 2.12. The minimum Gasteiger partial charge on any atom is -0.497 e. The van der Waals surface area contributed by atoms with Gasteiger partial charge in [-0.3, -0.25) is 4.79 Å². The molecule has 0 heterocycles. The van der Waals surface area contributed by atoms with E-state index in [1.54, 1.807) is 19.2 Å². The summed E-state index contributed by atoms with van der Waals surface area (Å²) in [7, 11) is 1.67.